The van der Waals surface area contributed by atoms with Crippen LogP contribution in [-0.4, -0.2) is 52.3 Å². The molecule has 2 rings (SSSR count). The van der Waals surface area contributed by atoms with Crippen molar-refractivity contribution < 1.29 is 5.11 Å². The molecule has 1 unspecified atom stereocenters. The van der Waals surface area contributed by atoms with Gasteiger partial charge in [0.25, 0.3) is 0 Å². The molecule has 2 N–H and O–H groups in total. The molecule has 5 nitrogen and oxygen atoms in total. The molecular formula is C16H24N4O. The van der Waals surface area contributed by atoms with E-state index in [1.807, 2.05) is 36.7 Å². The first-order chi connectivity index (χ1) is 9.96. The maximum absolute atomic E-state index is 10.2. The minimum absolute atomic E-state index is 0.564. The number of benzene rings is 1. The Morgan fingerprint density at radius 3 is 2.57 bits per heavy atom. The number of imidazole rings is 1. The zero-order valence-corrected chi connectivity index (χ0v) is 13.0. The van der Waals surface area contributed by atoms with Gasteiger partial charge in [-0.1, -0.05) is 12.1 Å². The van der Waals surface area contributed by atoms with Crippen LogP contribution >= 0.6 is 0 Å². The predicted molar refractivity (Wildman–Crippen MR) is 84.4 cm³/mol. The first-order valence-corrected chi connectivity index (χ1v) is 7.11. The molecule has 0 aliphatic heterocycles. The van der Waals surface area contributed by atoms with E-state index in [2.05, 4.69) is 34.6 Å². The predicted octanol–water partition coefficient (Wildman–Crippen LogP) is 1.27. The molecule has 0 aliphatic carbocycles. The molecule has 0 radical (unpaired) electrons. The molecule has 1 heterocycles. The summed E-state index contributed by atoms with van der Waals surface area (Å²) >= 11 is 0. The zero-order chi connectivity index (χ0) is 15.3. The lowest BCUT2D eigenvalue weighted by atomic mass is 10.1. The van der Waals surface area contributed by atoms with Gasteiger partial charge in [-0.3, -0.25) is 0 Å². The molecule has 1 aromatic carbocycles. The molecular weight excluding hydrogens is 264 g/mol. The third-order valence-corrected chi connectivity index (χ3v) is 3.23. The lowest BCUT2D eigenvalue weighted by molar-refractivity contribution is 0.0336. The largest absolute Gasteiger partial charge is 0.388 e. The van der Waals surface area contributed by atoms with Crippen LogP contribution in [0.1, 0.15) is 12.5 Å². The summed E-state index contributed by atoms with van der Waals surface area (Å²) in [5.74, 6) is 0. The average Bonchev–Trinajstić information content (AvgIpc) is 2.91. The molecule has 0 fully saturated rings. The topological polar surface area (TPSA) is 53.3 Å². The minimum atomic E-state index is -0.722. The lowest BCUT2D eigenvalue weighted by Gasteiger charge is -2.27. The molecule has 0 aliphatic rings. The highest BCUT2D eigenvalue weighted by Crippen LogP contribution is 2.09. The van der Waals surface area contributed by atoms with Gasteiger partial charge >= 0.3 is 0 Å². The second-order valence-corrected chi connectivity index (χ2v) is 5.97. The van der Waals surface area contributed by atoms with E-state index in [9.17, 15) is 5.11 Å². The number of aliphatic hydroxyl groups is 1. The smallest absolute Gasteiger partial charge is 0.0991 e. The quantitative estimate of drug-likeness (QED) is 0.806. The van der Waals surface area contributed by atoms with E-state index in [0.29, 0.717) is 13.1 Å². The van der Waals surface area contributed by atoms with Crippen molar-refractivity contribution in [2.45, 2.75) is 19.1 Å². The van der Waals surface area contributed by atoms with Crippen molar-refractivity contribution in [3.8, 4) is 5.69 Å². The van der Waals surface area contributed by atoms with Crippen molar-refractivity contribution in [3.63, 3.8) is 0 Å². The van der Waals surface area contributed by atoms with Crippen LogP contribution in [0.5, 0.6) is 0 Å². The number of likely N-dealkylation sites (N-methyl/N-ethyl adjacent to an activating group) is 1. The second-order valence-electron chi connectivity index (χ2n) is 5.97. The van der Waals surface area contributed by atoms with Crippen LogP contribution in [0.4, 0.5) is 0 Å². The van der Waals surface area contributed by atoms with Gasteiger partial charge in [-0.15, -0.1) is 0 Å². The van der Waals surface area contributed by atoms with Crippen LogP contribution < -0.4 is 5.32 Å². The van der Waals surface area contributed by atoms with E-state index in [0.717, 1.165) is 12.2 Å². The summed E-state index contributed by atoms with van der Waals surface area (Å²) in [6.07, 6.45) is 5.47. The van der Waals surface area contributed by atoms with Crippen LogP contribution in [0.15, 0.2) is 43.0 Å². The Morgan fingerprint density at radius 2 is 2.00 bits per heavy atom. The Hall–Kier alpha value is -1.69. The van der Waals surface area contributed by atoms with Crippen molar-refractivity contribution in [2.24, 2.45) is 0 Å². The van der Waals surface area contributed by atoms with Gasteiger partial charge in [0, 0.05) is 37.7 Å². The SMILES string of the molecule is CN(C)CC(C)(O)CNCc1ccc(-n2ccnc2)cc1. The van der Waals surface area contributed by atoms with Gasteiger partial charge < -0.3 is 19.9 Å². The van der Waals surface area contributed by atoms with Gasteiger partial charge in [0.1, 0.15) is 0 Å². The number of rotatable bonds is 7. The van der Waals surface area contributed by atoms with Crippen LogP contribution in [0.3, 0.4) is 0 Å². The monoisotopic (exact) mass is 288 g/mol. The number of hydrogen-bond acceptors (Lipinski definition) is 4. The minimum Gasteiger partial charge on any atom is -0.388 e. The second kappa shape index (κ2) is 6.85. The molecule has 2 aromatic rings. The molecule has 5 heteroatoms. The Labute approximate surface area is 126 Å². The standard InChI is InChI=1S/C16H24N4O/c1-16(21,12-19(2)3)11-18-10-14-4-6-15(7-5-14)20-9-8-17-13-20/h4-9,13,18,21H,10-12H2,1-3H3. The van der Waals surface area contributed by atoms with Crippen molar-refractivity contribution >= 4 is 0 Å². The first kappa shape index (κ1) is 15.7. The van der Waals surface area contributed by atoms with E-state index >= 15 is 0 Å². The van der Waals surface area contributed by atoms with Gasteiger partial charge in [0.15, 0.2) is 0 Å². The van der Waals surface area contributed by atoms with Crippen LogP contribution in [0, 0.1) is 0 Å². The van der Waals surface area contributed by atoms with Gasteiger partial charge in [0.2, 0.25) is 0 Å². The Balaban J connectivity index is 1.84. The van der Waals surface area contributed by atoms with E-state index in [1.54, 1.807) is 12.5 Å². The fraction of sp³-hybridized carbons (Fsp3) is 0.438. The average molecular weight is 288 g/mol. The highest BCUT2D eigenvalue weighted by Gasteiger charge is 2.20. The van der Waals surface area contributed by atoms with Crippen LogP contribution in [0.2, 0.25) is 0 Å². The molecule has 21 heavy (non-hydrogen) atoms. The summed E-state index contributed by atoms with van der Waals surface area (Å²) in [5, 5.41) is 13.5. The van der Waals surface area contributed by atoms with Crippen molar-refractivity contribution in [3.05, 3.63) is 48.5 Å². The van der Waals surface area contributed by atoms with E-state index in [4.69, 9.17) is 0 Å². The molecule has 0 saturated carbocycles. The van der Waals surface area contributed by atoms with E-state index < -0.39 is 5.60 Å². The van der Waals surface area contributed by atoms with Gasteiger partial charge in [-0.25, -0.2) is 4.98 Å². The number of nitrogens with zero attached hydrogens (tertiary/aromatic N) is 3. The molecule has 1 aromatic heterocycles. The molecule has 0 spiro atoms. The highest BCUT2D eigenvalue weighted by molar-refractivity contribution is 5.34. The molecule has 0 amide bonds. The maximum Gasteiger partial charge on any atom is 0.0991 e. The fourth-order valence-corrected chi connectivity index (χ4v) is 2.41. The van der Waals surface area contributed by atoms with Crippen molar-refractivity contribution in [2.75, 3.05) is 27.2 Å². The first-order valence-electron chi connectivity index (χ1n) is 7.11. The summed E-state index contributed by atoms with van der Waals surface area (Å²) < 4.78 is 1.97. The number of nitrogens with one attached hydrogen (secondary N) is 1. The van der Waals surface area contributed by atoms with Gasteiger partial charge in [-0.2, -0.15) is 0 Å². The zero-order valence-electron chi connectivity index (χ0n) is 13.0. The van der Waals surface area contributed by atoms with Crippen LogP contribution in [0.25, 0.3) is 5.69 Å². The molecule has 114 valence electrons. The summed E-state index contributed by atoms with van der Waals surface area (Å²) in [6, 6.07) is 8.30. The lowest BCUT2D eigenvalue weighted by Crippen LogP contribution is -2.45. The Bertz CT molecular complexity index is 532. The third-order valence-electron chi connectivity index (χ3n) is 3.23. The summed E-state index contributed by atoms with van der Waals surface area (Å²) in [4.78, 5) is 6.03. The summed E-state index contributed by atoms with van der Waals surface area (Å²) in [7, 11) is 3.92. The summed E-state index contributed by atoms with van der Waals surface area (Å²) in [5.41, 5.74) is 1.57. The molecule has 1 atom stereocenters. The highest BCUT2D eigenvalue weighted by atomic mass is 16.3. The third kappa shape index (κ3) is 4.97. The van der Waals surface area contributed by atoms with Crippen molar-refractivity contribution in [1.29, 1.82) is 0 Å². The van der Waals surface area contributed by atoms with Gasteiger partial charge in [-0.05, 0) is 38.7 Å². The summed E-state index contributed by atoms with van der Waals surface area (Å²) in [6.45, 7) is 3.80. The van der Waals surface area contributed by atoms with Crippen molar-refractivity contribution in [1.82, 2.24) is 19.8 Å². The normalized spacial score (nSPS) is 14.3. The van der Waals surface area contributed by atoms with Crippen LogP contribution in [-0.2, 0) is 6.54 Å². The van der Waals surface area contributed by atoms with E-state index in [1.165, 1.54) is 5.56 Å². The van der Waals surface area contributed by atoms with E-state index in [-0.39, 0.29) is 0 Å². The maximum atomic E-state index is 10.2. The number of aromatic nitrogens is 2. The fourth-order valence-electron chi connectivity index (χ4n) is 2.41. The molecule has 0 bridgehead atoms. The molecule has 0 saturated heterocycles. The Kier molecular flexibility index (Phi) is 5.12. The van der Waals surface area contributed by atoms with Gasteiger partial charge in [0.05, 0.1) is 11.9 Å². The Morgan fingerprint density at radius 1 is 1.29 bits per heavy atom. The number of hydrogen-bond donors (Lipinski definition) is 2.